The Kier molecular flexibility index (Phi) is 4.26. The maximum absolute atomic E-state index is 13.0. The van der Waals surface area contributed by atoms with Gasteiger partial charge >= 0.3 is 5.97 Å². The van der Waals surface area contributed by atoms with E-state index in [0.29, 0.717) is 25.1 Å². The Morgan fingerprint density at radius 3 is 2.81 bits per heavy atom. The molecule has 2 saturated heterocycles. The van der Waals surface area contributed by atoms with Gasteiger partial charge in [0.15, 0.2) is 12.1 Å². The first-order chi connectivity index (χ1) is 12.7. The number of nitrogens with zero attached hydrogens (tertiary/aromatic N) is 2. The van der Waals surface area contributed by atoms with E-state index >= 15 is 0 Å². The second-order valence-corrected chi connectivity index (χ2v) is 7.08. The van der Waals surface area contributed by atoms with Gasteiger partial charge in [0.25, 0.3) is 5.91 Å². The molecule has 0 unspecified atom stereocenters. The Morgan fingerprint density at radius 2 is 2.12 bits per heavy atom. The lowest BCUT2D eigenvalue weighted by molar-refractivity contribution is -0.157. The molecule has 3 heterocycles. The van der Waals surface area contributed by atoms with Crippen molar-refractivity contribution in [2.45, 2.75) is 44.7 Å². The van der Waals surface area contributed by atoms with Gasteiger partial charge in [0.1, 0.15) is 6.26 Å². The van der Waals surface area contributed by atoms with Crippen molar-refractivity contribution in [1.82, 2.24) is 9.88 Å². The average molecular weight is 354 g/mol. The number of amides is 1. The van der Waals surface area contributed by atoms with Crippen molar-refractivity contribution in [3.8, 4) is 0 Å². The summed E-state index contributed by atoms with van der Waals surface area (Å²) in [6.07, 6.45) is 5.55. The van der Waals surface area contributed by atoms with Crippen LogP contribution in [0.5, 0.6) is 0 Å². The molecule has 2 bridgehead atoms. The minimum atomic E-state index is -0.695. The monoisotopic (exact) mass is 354 g/mol. The summed E-state index contributed by atoms with van der Waals surface area (Å²) in [5.74, 6) is -0.362. The number of oxazole rings is 1. The van der Waals surface area contributed by atoms with Gasteiger partial charge in [-0.25, -0.2) is 4.98 Å². The molecule has 0 spiro atoms. The molecule has 0 saturated carbocycles. The first-order valence-electron chi connectivity index (χ1n) is 9.07. The molecule has 2 aliphatic heterocycles. The molecule has 2 aromatic rings. The Morgan fingerprint density at radius 1 is 1.31 bits per heavy atom. The van der Waals surface area contributed by atoms with Gasteiger partial charge in [-0.05, 0) is 38.2 Å². The molecular weight excluding hydrogens is 332 g/mol. The zero-order valence-corrected chi connectivity index (χ0v) is 14.8. The second-order valence-electron chi connectivity index (χ2n) is 7.08. The summed E-state index contributed by atoms with van der Waals surface area (Å²) in [6, 6.07) is 9.82. The zero-order valence-electron chi connectivity index (χ0n) is 14.8. The largest absolute Gasteiger partial charge is 0.465 e. The quantitative estimate of drug-likeness (QED) is 0.772. The molecule has 6 nitrogen and oxygen atoms in total. The maximum Gasteiger partial charge on any atom is 0.314 e. The molecule has 3 atom stereocenters. The molecule has 0 aliphatic carbocycles. The molecule has 136 valence electrons. The minimum absolute atomic E-state index is 0.0392. The number of rotatable bonds is 5. The molecule has 0 radical (unpaired) electrons. The summed E-state index contributed by atoms with van der Waals surface area (Å²) in [4.78, 5) is 31.8. The lowest BCUT2D eigenvalue weighted by Gasteiger charge is -2.35. The number of esters is 1. The van der Waals surface area contributed by atoms with Crippen molar-refractivity contribution in [3.63, 3.8) is 0 Å². The number of carbonyl (C=O) groups excluding carboxylic acids is 2. The number of hydrogen-bond donors (Lipinski definition) is 0. The van der Waals surface area contributed by atoms with E-state index in [0.717, 1.165) is 18.4 Å². The van der Waals surface area contributed by atoms with Gasteiger partial charge in [0.2, 0.25) is 0 Å². The van der Waals surface area contributed by atoms with Crippen LogP contribution < -0.4 is 0 Å². The van der Waals surface area contributed by atoms with Crippen molar-refractivity contribution in [2.24, 2.45) is 5.41 Å². The predicted octanol–water partition coefficient (Wildman–Crippen LogP) is 2.84. The molecule has 1 amide bonds. The van der Waals surface area contributed by atoms with Crippen molar-refractivity contribution >= 4 is 11.9 Å². The summed E-state index contributed by atoms with van der Waals surface area (Å²) >= 11 is 0. The first-order valence-corrected chi connectivity index (χ1v) is 9.07. The lowest BCUT2D eigenvalue weighted by Crippen LogP contribution is -2.47. The lowest BCUT2D eigenvalue weighted by atomic mass is 9.70. The summed E-state index contributed by atoms with van der Waals surface area (Å²) in [7, 11) is 0. The Balaban J connectivity index is 1.69. The van der Waals surface area contributed by atoms with E-state index in [9.17, 15) is 9.59 Å². The number of ether oxygens (including phenoxy) is 1. The topological polar surface area (TPSA) is 72.6 Å². The van der Waals surface area contributed by atoms with Crippen LogP contribution in [-0.2, 0) is 16.0 Å². The van der Waals surface area contributed by atoms with Gasteiger partial charge in [-0.3, -0.25) is 9.59 Å². The third-order valence-electron chi connectivity index (χ3n) is 5.67. The molecule has 1 aromatic carbocycles. The SMILES string of the molecule is CCOC(=O)[C@@]1(Cc2ccccc2)C[C@H]2CC[C@@H]1N2C(=O)c1cocn1. The second kappa shape index (κ2) is 6.59. The molecule has 0 N–H and O–H groups in total. The number of aromatic nitrogens is 1. The van der Waals surface area contributed by atoms with Crippen LogP contribution in [-0.4, -0.2) is 40.5 Å². The third-order valence-corrected chi connectivity index (χ3v) is 5.67. The van der Waals surface area contributed by atoms with E-state index in [1.807, 2.05) is 42.2 Å². The molecule has 4 rings (SSSR count). The minimum Gasteiger partial charge on any atom is -0.465 e. The third kappa shape index (κ3) is 2.60. The van der Waals surface area contributed by atoms with Crippen LogP contribution in [0.15, 0.2) is 47.4 Å². The fourth-order valence-electron chi connectivity index (χ4n) is 4.66. The smallest absolute Gasteiger partial charge is 0.314 e. The van der Waals surface area contributed by atoms with E-state index in [1.165, 1.54) is 12.7 Å². The van der Waals surface area contributed by atoms with Crippen LogP contribution in [0.3, 0.4) is 0 Å². The van der Waals surface area contributed by atoms with Crippen molar-refractivity contribution < 1.29 is 18.7 Å². The van der Waals surface area contributed by atoms with E-state index < -0.39 is 5.41 Å². The van der Waals surface area contributed by atoms with E-state index in [-0.39, 0.29) is 24.0 Å². The Bertz CT molecular complexity index is 789. The van der Waals surface area contributed by atoms with E-state index in [4.69, 9.17) is 9.15 Å². The highest BCUT2D eigenvalue weighted by Gasteiger charge is 2.62. The maximum atomic E-state index is 13.0. The van der Waals surface area contributed by atoms with Crippen molar-refractivity contribution in [2.75, 3.05) is 6.61 Å². The first kappa shape index (κ1) is 16.8. The van der Waals surface area contributed by atoms with Crippen molar-refractivity contribution in [3.05, 3.63) is 54.2 Å². The molecule has 2 fully saturated rings. The highest BCUT2D eigenvalue weighted by molar-refractivity contribution is 5.94. The molecule has 6 heteroatoms. The van der Waals surface area contributed by atoms with Gasteiger partial charge < -0.3 is 14.1 Å². The number of hydrogen-bond acceptors (Lipinski definition) is 5. The molecule has 26 heavy (non-hydrogen) atoms. The van der Waals surface area contributed by atoms with Crippen LogP contribution in [0.2, 0.25) is 0 Å². The van der Waals surface area contributed by atoms with Crippen LogP contribution in [0.4, 0.5) is 0 Å². The normalized spacial score (nSPS) is 26.9. The van der Waals surface area contributed by atoms with Crippen molar-refractivity contribution in [1.29, 1.82) is 0 Å². The van der Waals surface area contributed by atoms with E-state index in [2.05, 4.69) is 4.98 Å². The predicted molar refractivity (Wildman–Crippen MR) is 93.3 cm³/mol. The van der Waals surface area contributed by atoms with Gasteiger partial charge in [-0.15, -0.1) is 0 Å². The van der Waals surface area contributed by atoms with Crippen LogP contribution in [0.25, 0.3) is 0 Å². The highest BCUT2D eigenvalue weighted by Crippen LogP contribution is 2.52. The van der Waals surface area contributed by atoms with Crippen LogP contribution in [0, 0.1) is 5.41 Å². The molecule has 1 aromatic heterocycles. The van der Waals surface area contributed by atoms with E-state index in [1.54, 1.807) is 0 Å². The van der Waals surface area contributed by atoms with Gasteiger partial charge in [-0.2, -0.15) is 0 Å². The number of carbonyl (C=O) groups is 2. The van der Waals surface area contributed by atoms with Crippen LogP contribution >= 0.6 is 0 Å². The number of fused-ring (bicyclic) bond motifs is 2. The Hall–Kier alpha value is -2.63. The fraction of sp³-hybridized carbons (Fsp3) is 0.450. The molecular formula is C20H22N2O4. The van der Waals surface area contributed by atoms with Gasteiger partial charge in [0, 0.05) is 12.1 Å². The average Bonchev–Trinajstić information content (AvgIpc) is 3.38. The summed E-state index contributed by atoms with van der Waals surface area (Å²) in [5, 5.41) is 0. The fourth-order valence-corrected chi connectivity index (χ4v) is 4.66. The molecule has 2 aliphatic rings. The van der Waals surface area contributed by atoms with Gasteiger partial charge in [-0.1, -0.05) is 30.3 Å². The summed E-state index contributed by atoms with van der Waals surface area (Å²) in [6.45, 7) is 2.16. The van der Waals surface area contributed by atoms with Gasteiger partial charge in [0.05, 0.1) is 12.0 Å². The number of benzene rings is 1. The summed E-state index contributed by atoms with van der Waals surface area (Å²) in [5.41, 5.74) is 0.683. The summed E-state index contributed by atoms with van der Waals surface area (Å²) < 4.78 is 10.4. The van der Waals surface area contributed by atoms with Crippen LogP contribution in [0.1, 0.15) is 42.2 Å². The highest BCUT2D eigenvalue weighted by atomic mass is 16.5. The standard InChI is InChI=1S/C20H22N2O4/c1-2-26-19(24)20(10-14-6-4-3-5-7-14)11-15-8-9-17(20)22(15)18(23)16-12-25-13-21-16/h3-7,12-13,15,17H,2,8-11H2,1H3/t15-,17+,20+/m1/s1. The zero-order chi connectivity index (χ0) is 18.1. The Labute approximate surface area is 152 Å².